The Kier molecular flexibility index (Phi) is 5.42. The fourth-order valence-electron chi connectivity index (χ4n) is 2.21. The number of ether oxygens (including phenoxy) is 2. The number of aromatic nitrogens is 1. The van der Waals surface area contributed by atoms with Gasteiger partial charge >= 0.3 is 0 Å². The molecule has 1 aliphatic heterocycles. The lowest BCUT2D eigenvalue weighted by Gasteiger charge is -2.31. The fourth-order valence-corrected chi connectivity index (χ4v) is 2.21. The molecule has 19 heavy (non-hydrogen) atoms. The van der Waals surface area contributed by atoms with Gasteiger partial charge in [0.25, 0.3) is 0 Å². The van der Waals surface area contributed by atoms with E-state index in [4.69, 9.17) is 15.2 Å². The number of pyridine rings is 1. The first kappa shape index (κ1) is 14.1. The minimum absolute atomic E-state index is 0.345. The first-order valence-electron chi connectivity index (χ1n) is 6.87. The Morgan fingerprint density at radius 2 is 2.11 bits per heavy atom. The van der Waals surface area contributed by atoms with Crippen molar-refractivity contribution in [3.8, 4) is 5.75 Å². The van der Waals surface area contributed by atoms with Crippen molar-refractivity contribution in [2.45, 2.75) is 25.3 Å². The summed E-state index contributed by atoms with van der Waals surface area (Å²) in [7, 11) is 1.70. The van der Waals surface area contributed by atoms with E-state index >= 15 is 0 Å². The molecule has 0 atom stereocenters. The van der Waals surface area contributed by atoms with Gasteiger partial charge in [-0.15, -0.1) is 0 Å². The summed E-state index contributed by atoms with van der Waals surface area (Å²) in [6.45, 7) is 3.37. The maximum atomic E-state index is 5.92. The highest BCUT2D eigenvalue weighted by molar-refractivity contribution is 5.48. The van der Waals surface area contributed by atoms with E-state index in [1.807, 2.05) is 6.20 Å². The molecule has 0 amide bonds. The minimum atomic E-state index is 0.345. The van der Waals surface area contributed by atoms with E-state index in [1.165, 1.54) is 0 Å². The summed E-state index contributed by atoms with van der Waals surface area (Å²) < 4.78 is 10.7. The maximum Gasteiger partial charge on any atom is 0.139 e. The van der Waals surface area contributed by atoms with Crippen molar-refractivity contribution < 1.29 is 9.47 Å². The summed E-state index contributed by atoms with van der Waals surface area (Å²) in [6.07, 6.45) is 6.61. The lowest BCUT2D eigenvalue weighted by Crippen LogP contribution is -2.39. The van der Waals surface area contributed by atoms with E-state index in [0.29, 0.717) is 12.6 Å². The van der Waals surface area contributed by atoms with Gasteiger partial charge in [0.05, 0.1) is 24.7 Å². The topological polar surface area (TPSA) is 60.6 Å². The van der Waals surface area contributed by atoms with Crippen LogP contribution < -0.4 is 15.4 Å². The Balaban J connectivity index is 1.87. The fraction of sp³-hybridized carbons (Fsp3) is 0.643. The number of piperidine rings is 1. The van der Waals surface area contributed by atoms with Gasteiger partial charge < -0.3 is 20.1 Å². The Morgan fingerprint density at radius 3 is 2.84 bits per heavy atom. The van der Waals surface area contributed by atoms with Crippen LogP contribution in [0.5, 0.6) is 5.75 Å². The van der Waals surface area contributed by atoms with Crippen LogP contribution >= 0.6 is 0 Å². The smallest absolute Gasteiger partial charge is 0.139 e. The summed E-state index contributed by atoms with van der Waals surface area (Å²) in [4.78, 5) is 6.57. The monoisotopic (exact) mass is 265 g/mol. The zero-order valence-corrected chi connectivity index (χ0v) is 11.5. The molecule has 0 unspecified atom stereocenters. The lowest BCUT2D eigenvalue weighted by molar-refractivity contribution is 0.172. The highest BCUT2D eigenvalue weighted by Crippen LogP contribution is 2.22. The first-order valence-corrected chi connectivity index (χ1v) is 6.87. The van der Waals surface area contributed by atoms with Crippen LogP contribution in [-0.4, -0.2) is 44.4 Å². The largest absolute Gasteiger partial charge is 0.492 e. The summed E-state index contributed by atoms with van der Waals surface area (Å²) in [6, 6.07) is 2.40. The summed E-state index contributed by atoms with van der Waals surface area (Å²) >= 11 is 0. The molecule has 0 aliphatic carbocycles. The number of hydrogen-bond acceptors (Lipinski definition) is 5. The molecule has 0 bridgehead atoms. The molecule has 1 aromatic rings. The predicted molar refractivity (Wildman–Crippen MR) is 75.6 cm³/mol. The molecule has 106 valence electrons. The van der Waals surface area contributed by atoms with Gasteiger partial charge in [0, 0.05) is 45.3 Å². The van der Waals surface area contributed by atoms with Crippen molar-refractivity contribution >= 4 is 5.69 Å². The highest BCUT2D eigenvalue weighted by Gasteiger charge is 2.16. The molecule has 5 heteroatoms. The van der Waals surface area contributed by atoms with Gasteiger partial charge in [-0.25, -0.2) is 0 Å². The number of nitrogens with zero attached hydrogens (tertiary/aromatic N) is 2. The molecule has 1 aliphatic rings. The maximum absolute atomic E-state index is 5.92. The molecule has 2 heterocycles. The first-order chi connectivity index (χ1) is 9.29. The average molecular weight is 265 g/mol. The standard InChI is InChI=1S/C14H23N3O2/c1-18-7-2-8-19-14-9-13(10-16-11-14)17-5-3-12(15)4-6-17/h9-12H,2-8,15H2,1H3. The molecule has 2 N–H and O–H groups in total. The van der Waals surface area contributed by atoms with Crippen molar-refractivity contribution in [3.05, 3.63) is 18.5 Å². The van der Waals surface area contributed by atoms with E-state index < -0.39 is 0 Å². The van der Waals surface area contributed by atoms with Crippen LogP contribution in [0.3, 0.4) is 0 Å². The normalized spacial score (nSPS) is 16.6. The van der Waals surface area contributed by atoms with E-state index in [9.17, 15) is 0 Å². The predicted octanol–water partition coefficient (Wildman–Crippen LogP) is 1.42. The SMILES string of the molecule is COCCCOc1cncc(N2CCC(N)CC2)c1. The molecule has 5 nitrogen and oxygen atoms in total. The van der Waals surface area contributed by atoms with Gasteiger partial charge in [0.2, 0.25) is 0 Å². The molecular weight excluding hydrogens is 242 g/mol. The van der Waals surface area contributed by atoms with Crippen LogP contribution in [-0.2, 0) is 4.74 Å². The second-order valence-corrected chi connectivity index (χ2v) is 4.90. The Morgan fingerprint density at radius 1 is 1.32 bits per heavy atom. The number of rotatable bonds is 6. The minimum Gasteiger partial charge on any atom is -0.492 e. The van der Waals surface area contributed by atoms with Crippen LogP contribution in [0.2, 0.25) is 0 Å². The number of anilines is 1. The van der Waals surface area contributed by atoms with Crippen LogP contribution in [0.15, 0.2) is 18.5 Å². The van der Waals surface area contributed by atoms with Gasteiger partial charge in [0.15, 0.2) is 0 Å². The molecule has 0 radical (unpaired) electrons. The number of hydrogen-bond donors (Lipinski definition) is 1. The number of nitrogens with two attached hydrogens (primary N) is 1. The van der Waals surface area contributed by atoms with E-state index in [-0.39, 0.29) is 0 Å². The molecule has 1 saturated heterocycles. The summed E-state index contributed by atoms with van der Waals surface area (Å²) in [5, 5.41) is 0. The van der Waals surface area contributed by atoms with Crippen molar-refractivity contribution in [1.29, 1.82) is 0 Å². The second kappa shape index (κ2) is 7.31. The molecule has 1 aromatic heterocycles. The van der Waals surface area contributed by atoms with Crippen molar-refractivity contribution in [2.24, 2.45) is 5.73 Å². The third-order valence-corrected chi connectivity index (χ3v) is 3.37. The molecule has 0 saturated carbocycles. The Labute approximate surface area is 114 Å². The van der Waals surface area contributed by atoms with Crippen LogP contribution in [0.1, 0.15) is 19.3 Å². The van der Waals surface area contributed by atoms with Crippen LogP contribution in [0, 0.1) is 0 Å². The molecule has 0 spiro atoms. The molecule has 1 fully saturated rings. The second-order valence-electron chi connectivity index (χ2n) is 4.90. The summed E-state index contributed by atoms with van der Waals surface area (Å²) in [5.74, 6) is 0.823. The van der Waals surface area contributed by atoms with E-state index in [0.717, 1.165) is 50.4 Å². The van der Waals surface area contributed by atoms with Crippen molar-refractivity contribution in [3.63, 3.8) is 0 Å². The van der Waals surface area contributed by atoms with Crippen molar-refractivity contribution in [1.82, 2.24) is 4.98 Å². The Bertz CT molecular complexity index is 379. The zero-order chi connectivity index (χ0) is 13.5. The van der Waals surface area contributed by atoms with Crippen LogP contribution in [0.4, 0.5) is 5.69 Å². The Hall–Kier alpha value is -1.33. The molecule has 0 aromatic carbocycles. The summed E-state index contributed by atoms with van der Waals surface area (Å²) in [5.41, 5.74) is 7.04. The van der Waals surface area contributed by atoms with E-state index in [1.54, 1.807) is 13.3 Å². The van der Waals surface area contributed by atoms with Gasteiger partial charge in [-0.3, -0.25) is 4.98 Å². The van der Waals surface area contributed by atoms with Crippen molar-refractivity contribution in [2.75, 3.05) is 38.3 Å². The van der Waals surface area contributed by atoms with Gasteiger partial charge in [-0.1, -0.05) is 0 Å². The van der Waals surface area contributed by atoms with E-state index in [2.05, 4.69) is 16.0 Å². The molecule has 2 rings (SSSR count). The quantitative estimate of drug-likeness (QED) is 0.788. The van der Waals surface area contributed by atoms with Gasteiger partial charge in [-0.2, -0.15) is 0 Å². The zero-order valence-electron chi connectivity index (χ0n) is 11.5. The highest BCUT2D eigenvalue weighted by atomic mass is 16.5. The van der Waals surface area contributed by atoms with Crippen LogP contribution in [0.25, 0.3) is 0 Å². The number of methoxy groups -OCH3 is 1. The average Bonchev–Trinajstić information content (AvgIpc) is 2.45. The van der Waals surface area contributed by atoms with Gasteiger partial charge in [-0.05, 0) is 12.8 Å². The third-order valence-electron chi connectivity index (χ3n) is 3.37. The molecular formula is C14H23N3O2. The lowest BCUT2D eigenvalue weighted by atomic mass is 10.1. The van der Waals surface area contributed by atoms with Gasteiger partial charge in [0.1, 0.15) is 5.75 Å². The third kappa shape index (κ3) is 4.36.